The van der Waals surface area contributed by atoms with Gasteiger partial charge in [-0.25, -0.2) is 0 Å². The van der Waals surface area contributed by atoms with Crippen molar-refractivity contribution >= 4 is 29.2 Å². The van der Waals surface area contributed by atoms with E-state index in [1.54, 1.807) is 18.2 Å². The molecule has 1 saturated carbocycles. The van der Waals surface area contributed by atoms with Crippen molar-refractivity contribution in [2.24, 2.45) is 5.92 Å². The van der Waals surface area contributed by atoms with E-state index in [9.17, 15) is 4.79 Å². The lowest BCUT2D eigenvalue weighted by atomic mass is 9.86. The summed E-state index contributed by atoms with van der Waals surface area (Å²) in [5.74, 6) is -0.425. The Morgan fingerprint density at radius 3 is 2.71 bits per heavy atom. The third-order valence-electron chi connectivity index (χ3n) is 3.72. The molecule has 1 aromatic carbocycles. The first kappa shape index (κ1) is 16.4. The summed E-state index contributed by atoms with van der Waals surface area (Å²) in [6.45, 7) is 1.08. The molecule has 1 aromatic rings. The van der Waals surface area contributed by atoms with Crippen LogP contribution in [0, 0.1) is 5.92 Å². The van der Waals surface area contributed by atoms with Crippen molar-refractivity contribution in [1.82, 2.24) is 5.32 Å². The van der Waals surface area contributed by atoms with E-state index in [1.165, 1.54) is 0 Å². The summed E-state index contributed by atoms with van der Waals surface area (Å²) in [5.41, 5.74) is 0. The SMILES string of the molecule is O=C(O)C1CCCC(NCCOc2c(Cl)cccc2Cl)C1. The van der Waals surface area contributed by atoms with Crippen LogP contribution >= 0.6 is 23.2 Å². The molecule has 0 aliphatic heterocycles. The van der Waals surface area contributed by atoms with Gasteiger partial charge in [-0.05, 0) is 31.4 Å². The number of para-hydroxylation sites is 1. The maximum atomic E-state index is 11.0. The van der Waals surface area contributed by atoms with Crippen molar-refractivity contribution in [3.8, 4) is 5.75 Å². The molecule has 2 atom stereocenters. The Balaban J connectivity index is 1.73. The minimum absolute atomic E-state index is 0.227. The molecule has 0 aromatic heterocycles. The van der Waals surface area contributed by atoms with Crippen molar-refractivity contribution in [3.63, 3.8) is 0 Å². The van der Waals surface area contributed by atoms with Crippen molar-refractivity contribution in [3.05, 3.63) is 28.2 Å². The van der Waals surface area contributed by atoms with Gasteiger partial charge in [-0.2, -0.15) is 0 Å². The molecular weight excluding hydrogens is 313 g/mol. The molecule has 0 spiro atoms. The maximum Gasteiger partial charge on any atom is 0.306 e. The molecule has 0 heterocycles. The van der Waals surface area contributed by atoms with Gasteiger partial charge in [-0.1, -0.05) is 35.7 Å². The number of hydrogen-bond donors (Lipinski definition) is 2. The predicted octanol–water partition coefficient (Wildman–Crippen LogP) is 3.61. The highest BCUT2D eigenvalue weighted by Crippen LogP contribution is 2.32. The lowest BCUT2D eigenvalue weighted by Gasteiger charge is -2.27. The Hall–Kier alpha value is -0.970. The summed E-state index contributed by atoms with van der Waals surface area (Å²) in [7, 11) is 0. The topological polar surface area (TPSA) is 58.6 Å². The van der Waals surface area contributed by atoms with Gasteiger partial charge in [0.1, 0.15) is 6.61 Å². The van der Waals surface area contributed by atoms with Gasteiger partial charge < -0.3 is 15.2 Å². The number of carboxylic acids is 1. The summed E-state index contributed by atoms with van der Waals surface area (Å²) >= 11 is 12.0. The van der Waals surface area contributed by atoms with E-state index < -0.39 is 5.97 Å². The normalized spacial score (nSPS) is 22.0. The van der Waals surface area contributed by atoms with Gasteiger partial charge in [0.25, 0.3) is 0 Å². The van der Waals surface area contributed by atoms with Crippen LogP contribution in [-0.2, 0) is 4.79 Å². The third-order valence-corrected chi connectivity index (χ3v) is 4.32. The summed E-state index contributed by atoms with van der Waals surface area (Å²) in [6, 6.07) is 5.47. The third kappa shape index (κ3) is 4.77. The quantitative estimate of drug-likeness (QED) is 0.782. The largest absolute Gasteiger partial charge is 0.489 e. The second-order valence-electron chi connectivity index (χ2n) is 5.25. The van der Waals surface area contributed by atoms with Crippen LogP contribution in [0.4, 0.5) is 0 Å². The van der Waals surface area contributed by atoms with E-state index in [0.717, 1.165) is 19.3 Å². The molecule has 116 valence electrons. The molecule has 6 heteroatoms. The van der Waals surface area contributed by atoms with Gasteiger partial charge >= 0.3 is 5.97 Å². The Kier molecular flexibility index (Phi) is 6.15. The number of ether oxygens (including phenoxy) is 1. The number of halogens is 2. The highest BCUT2D eigenvalue weighted by atomic mass is 35.5. The van der Waals surface area contributed by atoms with Crippen LogP contribution < -0.4 is 10.1 Å². The maximum absolute atomic E-state index is 11.0. The molecule has 0 amide bonds. The van der Waals surface area contributed by atoms with E-state index in [2.05, 4.69) is 5.32 Å². The zero-order valence-electron chi connectivity index (χ0n) is 11.6. The fraction of sp³-hybridized carbons (Fsp3) is 0.533. The first-order chi connectivity index (χ1) is 10.1. The lowest BCUT2D eigenvalue weighted by molar-refractivity contribution is -0.143. The first-order valence-electron chi connectivity index (χ1n) is 7.11. The second kappa shape index (κ2) is 7.87. The molecule has 0 saturated heterocycles. The highest BCUT2D eigenvalue weighted by molar-refractivity contribution is 6.37. The van der Waals surface area contributed by atoms with Crippen LogP contribution in [0.3, 0.4) is 0 Å². The molecule has 2 rings (SSSR count). The smallest absolute Gasteiger partial charge is 0.306 e. The number of nitrogens with one attached hydrogen (secondary N) is 1. The summed E-state index contributed by atoms with van der Waals surface area (Å²) in [4.78, 5) is 11.0. The average molecular weight is 332 g/mol. The fourth-order valence-electron chi connectivity index (χ4n) is 2.64. The van der Waals surface area contributed by atoms with E-state index in [1.807, 2.05) is 0 Å². The molecule has 4 nitrogen and oxygen atoms in total. The molecule has 0 bridgehead atoms. The van der Waals surface area contributed by atoms with E-state index in [4.69, 9.17) is 33.0 Å². The minimum atomic E-state index is -0.694. The molecule has 2 N–H and O–H groups in total. The molecular formula is C15H19Cl2NO3. The zero-order valence-corrected chi connectivity index (χ0v) is 13.2. The standard InChI is InChI=1S/C15H19Cl2NO3/c16-12-5-2-6-13(17)14(12)21-8-7-18-11-4-1-3-10(9-11)15(19)20/h2,5-6,10-11,18H,1,3-4,7-9H2,(H,19,20). The van der Waals surface area contributed by atoms with Crippen LogP contribution in [0.1, 0.15) is 25.7 Å². The molecule has 0 radical (unpaired) electrons. The summed E-state index contributed by atoms with van der Waals surface area (Å²) < 4.78 is 5.59. The van der Waals surface area contributed by atoms with Gasteiger partial charge in [0.05, 0.1) is 16.0 Å². The van der Waals surface area contributed by atoms with Crippen molar-refractivity contribution in [2.45, 2.75) is 31.7 Å². The fourth-order valence-corrected chi connectivity index (χ4v) is 3.14. The average Bonchev–Trinajstić information content (AvgIpc) is 2.46. The minimum Gasteiger partial charge on any atom is -0.489 e. The number of carboxylic acid groups (broad SMARTS) is 1. The number of carbonyl (C=O) groups is 1. The van der Waals surface area contributed by atoms with Crippen LogP contribution in [0.5, 0.6) is 5.75 Å². The van der Waals surface area contributed by atoms with Crippen LogP contribution in [0.2, 0.25) is 10.0 Å². The van der Waals surface area contributed by atoms with Crippen molar-refractivity contribution in [2.75, 3.05) is 13.2 Å². The monoisotopic (exact) mass is 331 g/mol. The Bertz CT molecular complexity index is 476. The zero-order chi connectivity index (χ0) is 15.2. The van der Waals surface area contributed by atoms with Crippen LogP contribution in [0.25, 0.3) is 0 Å². The summed E-state index contributed by atoms with van der Waals surface area (Å²) in [5, 5.41) is 13.4. The van der Waals surface area contributed by atoms with Gasteiger partial charge in [0.15, 0.2) is 5.75 Å². The molecule has 2 unspecified atom stereocenters. The van der Waals surface area contributed by atoms with Crippen molar-refractivity contribution < 1.29 is 14.6 Å². The number of rotatable bonds is 6. The Labute approximate surface area is 134 Å². The van der Waals surface area contributed by atoms with Gasteiger partial charge in [0.2, 0.25) is 0 Å². The first-order valence-corrected chi connectivity index (χ1v) is 7.86. The van der Waals surface area contributed by atoms with Gasteiger partial charge in [0, 0.05) is 12.6 Å². The van der Waals surface area contributed by atoms with Gasteiger partial charge in [-0.3, -0.25) is 4.79 Å². The number of aliphatic carboxylic acids is 1. The molecule has 1 aliphatic rings. The summed E-state index contributed by atoms with van der Waals surface area (Å²) in [6.07, 6.45) is 3.42. The lowest BCUT2D eigenvalue weighted by Crippen LogP contribution is -2.38. The van der Waals surface area contributed by atoms with E-state index >= 15 is 0 Å². The number of hydrogen-bond acceptors (Lipinski definition) is 3. The van der Waals surface area contributed by atoms with Crippen LogP contribution in [0.15, 0.2) is 18.2 Å². The molecule has 1 aliphatic carbocycles. The molecule has 1 fully saturated rings. The molecule has 21 heavy (non-hydrogen) atoms. The predicted molar refractivity (Wildman–Crippen MR) is 83.3 cm³/mol. The highest BCUT2D eigenvalue weighted by Gasteiger charge is 2.26. The van der Waals surface area contributed by atoms with E-state index in [0.29, 0.717) is 35.4 Å². The van der Waals surface area contributed by atoms with Crippen LogP contribution in [-0.4, -0.2) is 30.3 Å². The Morgan fingerprint density at radius 1 is 1.33 bits per heavy atom. The Morgan fingerprint density at radius 2 is 2.05 bits per heavy atom. The number of benzene rings is 1. The van der Waals surface area contributed by atoms with E-state index in [-0.39, 0.29) is 12.0 Å². The second-order valence-corrected chi connectivity index (χ2v) is 6.07. The van der Waals surface area contributed by atoms with Crippen molar-refractivity contribution in [1.29, 1.82) is 0 Å². The van der Waals surface area contributed by atoms with Gasteiger partial charge in [-0.15, -0.1) is 0 Å².